The van der Waals surface area contributed by atoms with E-state index in [1.807, 2.05) is 42.6 Å². The number of anilines is 2. The fourth-order valence-electron chi connectivity index (χ4n) is 5.15. The highest BCUT2D eigenvalue weighted by Gasteiger charge is 2.25. The number of nitrogens with one attached hydrogen (secondary N) is 3. The van der Waals surface area contributed by atoms with Gasteiger partial charge in [0.25, 0.3) is 11.8 Å². The molecule has 0 radical (unpaired) electrons. The topological polar surface area (TPSA) is 132 Å². The van der Waals surface area contributed by atoms with E-state index < -0.39 is 23.0 Å². The lowest BCUT2D eigenvalue weighted by molar-refractivity contribution is -0.115. The lowest BCUT2D eigenvalue weighted by Crippen LogP contribution is -2.30. The van der Waals surface area contributed by atoms with Crippen LogP contribution in [0, 0.1) is 6.92 Å². The molecule has 5 aromatic rings. The molecular weight excluding hydrogens is 711 g/mol. The number of thioether (sulfide) groups is 1. The number of methoxy groups -OCH3 is 2. The van der Waals surface area contributed by atoms with Crippen LogP contribution in [-0.2, 0) is 14.3 Å². The van der Waals surface area contributed by atoms with Crippen molar-refractivity contribution in [1.29, 1.82) is 0 Å². The van der Waals surface area contributed by atoms with Crippen LogP contribution in [0.5, 0.6) is 11.5 Å². The van der Waals surface area contributed by atoms with E-state index in [0.29, 0.717) is 49.3 Å². The van der Waals surface area contributed by atoms with Crippen LogP contribution < -0.4 is 25.4 Å². The van der Waals surface area contributed by atoms with Crippen LogP contribution in [0.15, 0.2) is 113 Å². The number of esters is 1. The summed E-state index contributed by atoms with van der Waals surface area (Å²) in [6.07, 6.45) is 1.53. The van der Waals surface area contributed by atoms with E-state index in [0.717, 1.165) is 11.1 Å². The minimum atomic E-state index is -0.580. The molecule has 0 aliphatic heterocycles. The van der Waals surface area contributed by atoms with Crippen LogP contribution in [-0.4, -0.2) is 49.8 Å². The molecular formula is C41H39N3O7S2. The molecule has 3 amide bonds. The van der Waals surface area contributed by atoms with Gasteiger partial charge in [-0.1, -0.05) is 54.1 Å². The number of hydrogen-bond acceptors (Lipinski definition) is 9. The molecule has 1 aromatic heterocycles. The summed E-state index contributed by atoms with van der Waals surface area (Å²) in [6, 6.07) is 28.5. The van der Waals surface area contributed by atoms with Crippen LogP contribution >= 0.6 is 23.1 Å². The van der Waals surface area contributed by atoms with Gasteiger partial charge >= 0.3 is 5.97 Å². The van der Waals surface area contributed by atoms with Gasteiger partial charge in [0, 0.05) is 38.7 Å². The Bertz CT molecular complexity index is 2130. The zero-order valence-corrected chi connectivity index (χ0v) is 31.5. The van der Waals surface area contributed by atoms with Gasteiger partial charge in [-0.2, -0.15) is 0 Å². The van der Waals surface area contributed by atoms with Gasteiger partial charge in [0.2, 0.25) is 5.91 Å². The predicted molar refractivity (Wildman–Crippen MR) is 211 cm³/mol. The van der Waals surface area contributed by atoms with Gasteiger partial charge in [-0.05, 0) is 74.9 Å². The first-order valence-corrected chi connectivity index (χ1v) is 18.4. The molecule has 0 saturated carbocycles. The molecule has 0 spiro atoms. The number of ether oxygens (including phenoxy) is 3. The summed E-state index contributed by atoms with van der Waals surface area (Å²) in [4.78, 5) is 54.1. The summed E-state index contributed by atoms with van der Waals surface area (Å²) in [5.41, 5.74) is 4.27. The number of benzene rings is 4. The SMILES string of the molecule is CCOC(=O)c1c(-c2ccc(C)cc2)csc1NC(=O)C(C)Sc1cccc(NC(=O)/C(=C\c2ccc(OC)cc2OC)NC(=O)c2ccccc2)c1. The average Bonchev–Trinajstić information content (AvgIpc) is 3.58. The zero-order valence-electron chi connectivity index (χ0n) is 29.9. The van der Waals surface area contributed by atoms with Crippen LogP contribution in [0.2, 0.25) is 0 Å². The Morgan fingerprint density at radius 2 is 1.62 bits per heavy atom. The van der Waals surface area contributed by atoms with Crippen molar-refractivity contribution in [3.63, 3.8) is 0 Å². The Morgan fingerprint density at radius 3 is 2.32 bits per heavy atom. The second-order valence-electron chi connectivity index (χ2n) is 11.7. The molecule has 272 valence electrons. The summed E-state index contributed by atoms with van der Waals surface area (Å²) in [7, 11) is 3.04. The van der Waals surface area contributed by atoms with E-state index in [1.54, 1.807) is 80.6 Å². The highest BCUT2D eigenvalue weighted by atomic mass is 32.2. The monoisotopic (exact) mass is 749 g/mol. The average molecular weight is 750 g/mol. The molecule has 0 aliphatic rings. The van der Waals surface area contributed by atoms with Crippen molar-refractivity contribution in [2.45, 2.75) is 30.9 Å². The second-order valence-corrected chi connectivity index (χ2v) is 14.0. The molecule has 3 N–H and O–H groups in total. The smallest absolute Gasteiger partial charge is 0.341 e. The molecule has 0 saturated heterocycles. The number of hydrogen-bond donors (Lipinski definition) is 3. The van der Waals surface area contributed by atoms with E-state index in [4.69, 9.17) is 14.2 Å². The van der Waals surface area contributed by atoms with Gasteiger partial charge in [0.1, 0.15) is 27.8 Å². The molecule has 1 atom stereocenters. The molecule has 53 heavy (non-hydrogen) atoms. The first-order valence-electron chi connectivity index (χ1n) is 16.6. The third kappa shape index (κ3) is 9.94. The fourth-order valence-corrected chi connectivity index (χ4v) is 7.04. The largest absolute Gasteiger partial charge is 0.497 e. The Hall–Kier alpha value is -5.85. The van der Waals surface area contributed by atoms with E-state index in [9.17, 15) is 19.2 Å². The second kappa shape index (κ2) is 18.1. The van der Waals surface area contributed by atoms with E-state index in [-0.39, 0.29) is 18.2 Å². The highest BCUT2D eigenvalue weighted by Crippen LogP contribution is 2.37. The fraction of sp³-hybridized carbons (Fsp3) is 0.171. The maximum Gasteiger partial charge on any atom is 0.341 e. The lowest BCUT2D eigenvalue weighted by atomic mass is 10.0. The van der Waals surface area contributed by atoms with Crippen molar-refractivity contribution >= 4 is 63.6 Å². The normalized spacial score (nSPS) is 11.6. The third-order valence-corrected chi connectivity index (χ3v) is 9.90. The van der Waals surface area contributed by atoms with E-state index in [1.165, 1.54) is 43.4 Å². The van der Waals surface area contributed by atoms with Gasteiger partial charge in [-0.15, -0.1) is 23.1 Å². The van der Waals surface area contributed by atoms with E-state index >= 15 is 0 Å². The number of carbonyl (C=O) groups excluding carboxylic acids is 4. The minimum absolute atomic E-state index is 0.0218. The number of thiophene rings is 1. The molecule has 10 nitrogen and oxygen atoms in total. The van der Waals surface area contributed by atoms with Gasteiger partial charge in [-0.25, -0.2) is 4.79 Å². The molecule has 4 aromatic carbocycles. The highest BCUT2D eigenvalue weighted by molar-refractivity contribution is 8.00. The van der Waals surface area contributed by atoms with Gasteiger partial charge in [0.15, 0.2) is 0 Å². The Balaban J connectivity index is 1.33. The molecule has 12 heteroatoms. The first kappa shape index (κ1) is 38.4. The van der Waals surface area contributed by atoms with Crippen molar-refractivity contribution in [2.24, 2.45) is 0 Å². The molecule has 0 bridgehead atoms. The summed E-state index contributed by atoms with van der Waals surface area (Å²) in [5, 5.41) is 10.2. The van der Waals surface area contributed by atoms with Crippen molar-refractivity contribution < 1.29 is 33.4 Å². The van der Waals surface area contributed by atoms with Crippen LogP contribution in [0.25, 0.3) is 17.2 Å². The van der Waals surface area contributed by atoms with Gasteiger partial charge in [-0.3, -0.25) is 14.4 Å². The predicted octanol–water partition coefficient (Wildman–Crippen LogP) is 8.45. The summed E-state index contributed by atoms with van der Waals surface area (Å²) >= 11 is 2.54. The van der Waals surface area contributed by atoms with Crippen LogP contribution in [0.1, 0.15) is 45.7 Å². The van der Waals surface area contributed by atoms with Crippen molar-refractivity contribution in [3.05, 3.63) is 130 Å². The zero-order chi connectivity index (χ0) is 37.9. The van der Waals surface area contributed by atoms with Crippen LogP contribution in [0.4, 0.5) is 10.7 Å². The van der Waals surface area contributed by atoms with Gasteiger partial charge < -0.3 is 30.2 Å². The van der Waals surface area contributed by atoms with Crippen molar-refractivity contribution in [1.82, 2.24) is 5.32 Å². The van der Waals surface area contributed by atoms with Crippen LogP contribution in [0.3, 0.4) is 0 Å². The Kier molecular flexibility index (Phi) is 13.1. The number of carbonyl (C=O) groups is 4. The Morgan fingerprint density at radius 1 is 0.868 bits per heavy atom. The van der Waals surface area contributed by atoms with Crippen molar-refractivity contribution in [2.75, 3.05) is 31.5 Å². The maximum absolute atomic E-state index is 13.7. The quantitative estimate of drug-likeness (QED) is 0.0586. The standard InChI is InChI=1S/C41H39N3O7S2/c1-6-51-41(48)36-33(27-17-15-25(2)16-18-27)24-52-40(36)44-37(45)26(3)53-32-14-10-13-30(22-32)42-39(47)34(43-38(46)28-11-8-7-9-12-28)21-29-19-20-31(49-4)23-35(29)50-5/h7-24,26H,6H2,1-5H3,(H,42,47)(H,43,46)(H,44,45)/b34-21+. The molecule has 1 unspecified atom stereocenters. The van der Waals surface area contributed by atoms with E-state index in [2.05, 4.69) is 16.0 Å². The van der Waals surface area contributed by atoms with Gasteiger partial charge in [0.05, 0.1) is 26.1 Å². The maximum atomic E-state index is 13.7. The number of rotatable bonds is 14. The molecule has 0 fully saturated rings. The van der Waals surface area contributed by atoms with Crippen molar-refractivity contribution in [3.8, 4) is 22.6 Å². The molecule has 0 aliphatic carbocycles. The Labute approximate surface area is 316 Å². The lowest BCUT2D eigenvalue weighted by Gasteiger charge is -2.15. The summed E-state index contributed by atoms with van der Waals surface area (Å²) < 4.78 is 16.2. The minimum Gasteiger partial charge on any atom is -0.497 e. The molecule has 5 rings (SSSR count). The molecule has 1 heterocycles. The number of amides is 3. The summed E-state index contributed by atoms with van der Waals surface area (Å²) in [6.45, 7) is 5.67. The summed E-state index contributed by atoms with van der Waals surface area (Å²) in [5.74, 6) is -0.855. The number of aryl methyl sites for hydroxylation is 1. The first-order chi connectivity index (χ1) is 25.6. The third-order valence-electron chi connectivity index (χ3n) is 7.91.